The van der Waals surface area contributed by atoms with Crippen LogP contribution in [0.25, 0.3) is 0 Å². The molecule has 0 aromatic heterocycles. The minimum absolute atomic E-state index is 0.235. The summed E-state index contributed by atoms with van der Waals surface area (Å²) in [5, 5.41) is 11.2. The van der Waals surface area contributed by atoms with E-state index < -0.39 is 12.1 Å². The monoisotopic (exact) mass is 146 g/mol. The smallest absolute Gasteiger partial charge is 0.236 e. The van der Waals surface area contributed by atoms with Crippen molar-refractivity contribution in [1.29, 1.82) is 0 Å². The second-order valence-electron chi connectivity index (χ2n) is 2.38. The van der Waals surface area contributed by atoms with E-state index in [1.165, 1.54) is 0 Å². The quantitative estimate of drug-likeness (QED) is 0.469. The number of aliphatic hydroxyl groups excluding tert-OH is 1. The van der Waals surface area contributed by atoms with Gasteiger partial charge in [0.25, 0.3) is 0 Å². The second kappa shape index (κ2) is 4.24. The first-order valence-corrected chi connectivity index (χ1v) is 3.25. The van der Waals surface area contributed by atoms with Crippen molar-refractivity contribution in [3.05, 3.63) is 0 Å². The highest BCUT2D eigenvalue weighted by Gasteiger charge is 2.06. The van der Waals surface area contributed by atoms with Crippen LogP contribution >= 0.6 is 0 Å². The van der Waals surface area contributed by atoms with E-state index in [0.717, 1.165) is 0 Å². The van der Waals surface area contributed by atoms with Crippen LogP contribution in [0.4, 0.5) is 0 Å². The fourth-order valence-corrected chi connectivity index (χ4v) is 0.409. The molecule has 0 fully saturated rings. The Morgan fingerprint density at radius 3 is 2.50 bits per heavy atom. The average molecular weight is 146 g/mol. The van der Waals surface area contributed by atoms with Gasteiger partial charge in [0.05, 0.1) is 12.1 Å². The molecule has 4 nitrogen and oxygen atoms in total. The summed E-state index contributed by atoms with van der Waals surface area (Å²) >= 11 is 0. The van der Waals surface area contributed by atoms with Gasteiger partial charge < -0.3 is 16.2 Å². The lowest BCUT2D eigenvalue weighted by atomic mass is 10.3. The number of rotatable bonds is 3. The molecule has 0 aromatic carbocycles. The van der Waals surface area contributed by atoms with Gasteiger partial charge in [0.15, 0.2) is 0 Å². The predicted molar refractivity (Wildman–Crippen MR) is 38.3 cm³/mol. The number of hydrogen-bond acceptors (Lipinski definition) is 3. The number of hydrogen-bond donors (Lipinski definition) is 3. The van der Waals surface area contributed by atoms with Gasteiger partial charge in [0, 0.05) is 6.54 Å². The highest BCUT2D eigenvalue weighted by Crippen LogP contribution is 1.78. The van der Waals surface area contributed by atoms with Gasteiger partial charge in [-0.3, -0.25) is 4.79 Å². The molecule has 0 saturated heterocycles. The zero-order valence-corrected chi connectivity index (χ0v) is 6.29. The summed E-state index contributed by atoms with van der Waals surface area (Å²) in [6, 6.07) is -0.501. The van der Waals surface area contributed by atoms with Gasteiger partial charge in [-0.2, -0.15) is 0 Å². The standard InChI is InChI=1S/C6H14N2O2/c1-4(9)3-8-6(10)5(2)7/h4-5,9H,3,7H2,1-2H3,(H,8,10)/t4?,5-/m1/s1. The second-order valence-corrected chi connectivity index (χ2v) is 2.38. The van der Waals surface area contributed by atoms with Crippen LogP contribution in [0.1, 0.15) is 13.8 Å². The van der Waals surface area contributed by atoms with Gasteiger partial charge in [-0.1, -0.05) is 0 Å². The third-order valence-electron chi connectivity index (χ3n) is 0.985. The molecular weight excluding hydrogens is 132 g/mol. The summed E-state index contributed by atoms with van der Waals surface area (Å²) < 4.78 is 0. The first-order valence-electron chi connectivity index (χ1n) is 3.25. The lowest BCUT2D eigenvalue weighted by Gasteiger charge is -2.08. The third-order valence-corrected chi connectivity index (χ3v) is 0.985. The zero-order chi connectivity index (χ0) is 8.15. The molecule has 0 rings (SSSR count). The van der Waals surface area contributed by atoms with Crippen LogP contribution < -0.4 is 11.1 Å². The van der Waals surface area contributed by atoms with Crippen LogP contribution in [-0.2, 0) is 4.79 Å². The fraction of sp³-hybridized carbons (Fsp3) is 0.833. The molecule has 4 N–H and O–H groups in total. The lowest BCUT2D eigenvalue weighted by Crippen LogP contribution is -2.41. The van der Waals surface area contributed by atoms with Crippen molar-refractivity contribution in [2.24, 2.45) is 5.73 Å². The average Bonchev–Trinajstić information content (AvgIpc) is 1.82. The number of amides is 1. The number of nitrogens with one attached hydrogen (secondary N) is 1. The molecule has 0 saturated carbocycles. The molecule has 0 radical (unpaired) electrons. The molecule has 0 aromatic rings. The normalized spacial score (nSPS) is 16.0. The van der Waals surface area contributed by atoms with Gasteiger partial charge in [0.1, 0.15) is 0 Å². The van der Waals surface area contributed by atoms with E-state index >= 15 is 0 Å². The maximum atomic E-state index is 10.7. The predicted octanol–water partition coefficient (Wildman–Crippen LogP) is -1.17. The molecule has 1 amide bonds. The van der Waals surface area contributed by atoms with E-state index in [1.807, 2.05) is 0 Å². The Kier molecular flexibility index (Phi) is 3.99. The SMILES string of the molecule is CC(O)CNC(=O)[C@@H](C)N. The number of carbonyl (C=O) groups excluding carboxylic acids is 1. The first-order chi connectivity index (χ1) is 4.54. The van der Waals surface area contributed by atoms with E-state index in [2.05, 4.69) is 5.32 Å². The summed E-state index contributed by atoms with van der Waals surface area (Å²) in [6.45, 7) is 3.46. The summed E-state index contributed by atoms with van der Waals surface area (Å²) in [5.41, 5.74) is 5.23. The largest absolute Gasteiger partial charge is 0.392 e. The Morgan fingerprint density at radius 1 is 1.70 bits per heavy atom. The molecule has 10 heavy (non-hydrogen) atoms. The molecule has 0 aliphatic rings. The van der Waals surface area contributed by atoms with Crippen molar-refractivity contribution in [1.82, 2.24) is 5.32 Å². The Hall–Kier alpha value is -0.610. The molecule has 0 spiro atoms. The molecule has 0 aliphatic carbocycles. The summed E-state index contributed by atoms with van der Waals surface area (Å²) in [6.07, 6.45) is -0.511. The molecule has 0 aliphatic heterocycles. The van der Waals surface area contributed by atoms with Crippen LogP contribution in [-0.4, -0.2) is 29.7 Å². The van der Waals surface area contributed by atoms with E-state index in [0.29, 0.717) is 0 Å². The molecular formula is C6H14N2O2. The maximum Gasteiger partial charge on any atom is 0.236 e. The first kappa shape index (κ1) is 9.39. The summed E-state index contributed by atoms with van der Waals surface area (Å²) in [5.74, 6) is -0.235. The Labute approximate surface area is 60.4 Å². The zero-order valence-electron chi connectivity index (χ0n) is 6.29. The van der Waals surface area contributed by atoms with Crippen LogP contribution in [0.3, 0.4) is 0 Å². The fourth-order valence-electron chi connectivity index (χ4n) is 0.409. The van der Waals surface area contributed by atoms with Crippen molar-refractivity contribution < 1.29 is 9.90 Å². The Balaban J connectivity index is 3.40. The topological polar surface area (TPSA) is 75.3 Å². The van der Waals surface area contributed by atoms with Crippen LogP contribution in [0.2, 0.25) is 0 Å². The van der Waals surface area contributed by atoms with Crippen LogP contribution in [0, 0.1) is 0 Å². The van der Waals surface area contributed by atoms with Gasteiger partial charge in [-0.05, 0) is 13.8 Å². The minimum atomic E-state index is -0.511. The number of aliphatic hydroxyl groups is 1. The van der Waals surface area contributed by atoms with Crippen molar-refractivity contribution >= 4 is 5.91 Å². The van der Waals surface area contributed by atoms with Gasteiger partial charge in [0.2, 0.25) is 5.91 Å². The van der Waals surface area contributed by atoms with Gasteiger partial charge in [-0.15, -0.1) is 0 Å². The van der Waals surface area contributed by atoms with Gasteiger partial charge >= 0.3 is 0 Å². The minimum Gasteiger partial charge on any atom is -0.392 e. The molecule has 0 bridgehead atoms. The molecule has 60 valence electrons. The molecule has 4 heteroatoms. The lowest BCUT2D eigenvalue weighted by molar-refractivity contribution is -0.122. The van der Waals surface area contributed by atoms with E-state index in [4.69, 9.17) is 10.8 Å². The van der Waals surface area contributed by atoms with E-state index in [9.17, 15) is 4.79 Å². The van der Waals surface area contributed by atoms with Crippen LogP contribution in [0.15, 0.2) is 0 Å². The van der Waals surface area contributed by atoms with Crippen molar-refractivity contribution in [3.8, 4) is 0 Å². The summed E-state index contributed by atoms with van der Waals surface area (Å²) in [4.78, 5) is 10.7. The Bertz CT molecular complexity index is 112. The highest BCUT2D eigenvalue weighted by molar-refractivity contribution is 5.80. The Morgan fingerprint density at radius 2 is 2.20 bits per heavy atom. The van der Waals surface area contributed by atoms with E-state index in [1.54, 1.807) is 13.8 Å². The third kappa shape index (κ3) is 4.29. The highest BCUT2D eigenvalue weighted by atomic mass is 16.3. The number of nitrogens with two attached hydrogens (primary N) is 1. The number of carbonyl (C=O) groups is 1. The molecule has 1 unspecified atom stereocenters. The van der Waals surface area contributed by atoms with Crippen molar-refractivity contribution in [2.75, 3.05) is 6.54 Å². The molecule has 0 heterocycles. The van der Waals surface area contributed by atoms with Crippen LogP contribution in [0.5, 0.6) is 0 Å². The van der Waals surface area contributed by atoms with Gasteiger partial charge in [-0.25, -0.2) is 0 Å². The van der Waals surface area contributed by atoms with Crippen molar-refractivity contribution in [3.63, 3.8) is 0 Å². The maximum absolute atomic E-state index is 10.7. The molecule has 2 atom stereocenters. The summed E-state index contributed by atoms with van der Waals surface area (Å²) in [7, 11) is 0. The van der Waals surface area contributed by atoms with E-state index in [-0.39, 0.29) is 12.5 Å². The van der Waals surface area contributed by atoms with Crippen molar-refractivity contribution in [2.45, 2.75) is 26.0 Å².